The van der Waals surface area contributed by atoms with E-state index in [1.165, 1.54) is 20.9 Å². The molecule has 0 unspecified atom stereocenters. The van der Waals surface area contributed by atoms with Crippen LogP contribution in [-0.2, 0) is 10.0 Å². The maximum Gasteiger partial charge on any atom is 0.252 e. The second-order valence-electron chi connectivity index (χ2n) is 9.63. The third-order valence-electron chi connectivity index (χ3n) is 5.97. The Labute approximate surface area is 202 Å². The molecule has 0 aliphatic carbocycles. The van der Waals surface area contributed by atoms with Gasteiger partial charge >= 0.3 is 0 Å². The minimum Gasteiger partial charge on any atom is -0.359 e. The van der Waals surface area contributed by atoms with Crippen LogP contribution in [0.4, 0.5) is 13.2 Å². The minimum absolute atomic E-state index is 0.0638. The summed E-state index contributed by atoms with van der Waals surface area (Å²) in [6, 6.07) is 6.94. The third-order valence-corrected chi connectivity index (χ3v) is 7.88. The van der Waals surface area contributed by atoms with Crippen LogP contribution in [0.2, 0.25) is 0 Å². The standard InChI is InChI=1S/C21H30F2N4O2S.C3H7F/c1-16-5-7-18(8-6-16)30(28,29)27-11-9-21(10-12-27)14-26(15-21)17(2)25-19(24-4)13-20(3,22)23;1-3(2)4/h5-8H,9-15H2,1-4H3;3H,1-2H3. The van der Waals surface area contributed by atoms with Gasteiger partial charge in [-0.25, -0.2) is 26.6 Å². The van der Waals surface area contributed by atoms with Gasteiger partial charge in [0.15, 0.2) is 0 Å². The quantitative estimate of drug-likeness (QED) is 0.433. The van der Waals surface area contributed by atoms with Crippen LogP contribution in [0, 0.1) is 12.3 Å². The third kappa shape index (κ3) is 7.80. The van der Waals surface area contributed by atoms with Crippen molar-refractivity contribution >= 4 is 21.7 Å². The van der Waals surface area contributed by atoms with Crippen LogP contribution < -0.4 is 0 Å². The van der Waals surface area contributed by atoms with Gasteiger partial charge in [0, 0.05) is 38.6 Å². The van der Waals surface area contributed by atoms with Crippen LogP contribution >= 0.6 is 0 Å². The predicted octanol–water partition coefficient (Wildman–Crippen LogP) is 4.94. The molecule has 0 N–H and O–H groups in total. The molecule has 2 aliphatic heterocycles. The molecule has 0 saturated carbocycles. The van der Waals surface area contributed by atoms with Gasteiger partial charge in [0.2, 0.25) is 10.0 Å². The van der Waals surface area contributed by atoms with Crippen molar-refractivity contribution in [2.75, 3.05) is 33.2 Å². The van der Waals surface area contributed by atoms with Gasteiger partial charge in [-0.05, 0) is 59.6 Å². The highest BCUT2D eigenvalue weighted by Crippen LogP contribution is 2.41. The van der Waals surface area contributed by atoms with Crippen molar-refractivity contribution in [3.63, 3.8) is 0 Å². The number of piperidine rings is 1. The van der Waals surface area contributed by atoms with Crippen molar-refractivity contribution in [3.05, 3.63) is 29.8 Å². The number of alkyl halides is 3. The van der Waals surface area contributed by atoms with E-state index >= 15 is 0 Å². The van der Waals surface area contributed by atoms with E-state index in [1.807, 2.05) is 26.0 Å². The molecule has 2 heterocycles. The number of amidine groups is 2. The Balaban J connectivity index is 0.000000945. The predicted molar refractivity (Wildman–Crippen MR) is 131 cm³/mol. The normalized spacial score (nSPS) is 19.6. The molecule has 34 heavy (non-hydrogen) atoms. The Morgan fingerprint density at radius 2 is 1.65 bits per heavy atom. The van der Waals surface area contributed by atoms with E-state index in [-0.39, 0.29) is 11.3 Å². The first-order valence-corrected chi connectivity index (χ1v) is 13.0. The monoisotopic (exact) mass is 502 g/mol. The molecule has 1 spiro atoms. The maximum atomic E-state index is 13.3. The zero-order valence-electron chi connectivity index (χ0n) is 21.0. The van der Waals surface area contributed by atoms with E-state index < -0.39 is 28.5 Å². The van der Waals surface area contributed by atoms with Crippen LogP contribution in [0.5, 0.6) is 0 Å². The number of aryl methyl sites for hydroxylation is 1. The molecule has 2 fully saturated rings. The Morgan fingerprint density at radius 3 is 2.09 bits per heavy atom. The zero-order chi connectivity index (χ0) is 25.7. The van der Waals surface area contributed by atoms with Crippen LogP contribution in [0.25, 0.3) is 0 Å². The van der Waals surface area contributed by atoms with Crippen molar-refractivity contribution in [2.45, 2.75) is 70.9 Å². The van der Waals surface area contributed by atoms with Gasteiger partial charge in [0.25, 0.3) is 5.92 Å². The van der Waals surface area contributed by atoms with Crippen LogP contribution in [0.1, 0.15) is 52.5 Å². The summed E-state index contributed by atoms with van der Waals surface area (Å²) >= 11 is 0. The SMILES string of the molecule is CC(C)F.CN=C(CC(C)(F)F)N=C(C)N1CC2(CCN(S(=O)(=O)c3ccc(C)cc3)CC2)C1. The molecule has 6 nitrogen and oxygen atoms in total. The summed E-state index contributed by atoms with van der Waals surface area (Å²) in [5, 5.41) is 0. The van der Waals surface area contributed by atoms with E-state index in [0.29, 0.717) is 23.8 Å². The molecule has 0 aromatic heterocycles. The van der Waals surface area contributed by atoms with Crippen molar-refractivity contribution in [3.8, 4) is 0 Å². The van der Waals surface area contributed by atoms with Gasteiger partial charge in [-0.2, -0.15) is 4.31 Å². The summed E-state index contributed by atoms with van der Waals surface area (Å²) in [5.41, 5.74) is 1.09. The molecule has 2 aliphatic rings. The number of aliphatic imine (C=N–C) groups is 2. The average Bonchev–Trinajstić information content (AvgIpc) is 2.70. The van der Waals surface area contributed by atoms with Gasteiger partial charge in [-0.1, -0.05) is 17.7 Å². The lowest BCUT2D eigenvalue weighted by Gasteiger charge is -2.54. The number of nitrogens with zero attached hydrogens (tertiary/aromatic N) is 4. The first kappa shape index (κ1) is 28.3. The number of rotatable bonds is 4. The van der Waals surface area contributed by atoms with E-state index in [4.69, 9.17) is 0 Å². The Bertz CT molecular complexity index is 968. The number of benzene rings is 1. The topological polar surface area (TPSA) is 65.3 Å². The number of hydrogen-bond donors (Lipinski definition) is 0. The summed E-state index contributed by atoms with van der Waals surface area (Å²) in [6.45, 7) is 10.1. The molecule has 0 amide bonds. The molecule has 1 aromatic carbocycles. The van der Waals surface area contributed by atoms with Crippen molar-refractivity contribution in [1.82, 2.24) is 9.21 Å². The van der Waals surface area contributed by atoms with E-state index in [2.05, 4.69) is 14.9 Å². The number of hydrogen-bond acceptors (Lipinski definition) is 3. The fraction of sp³-hybridized carbons (Fsp3) is 0.667. The maximum absolute atomic E-state index is 13.3. The Kier molecular flexibility index (Phi) is 9.32. The zero-order valence-corrected chi connectivity index (χ0v) is 21.8. The summed E-state index contributed by atoms with van der Waals surface area (Å²) in [7, 11) is -2.00. The summed E-state index contributed by atoms with van der Waals surface area (Å²) < 4.78 is 64.8. The average molecular weight is 503 g/mol. The van der Waals surface area contributed by atoms with Gasteiger partial charge < -0.3 is 4.90 Å². The first-order valence-electron chi connectivity index (χ1n) is 11.5. The Morgan fingerprint density at radius 1 is 1.15 bits per heavy atom. The van der Waals surface area contributed by atoms with Crippen LogP contribution in [-0.4, -0.2) is 74.6 Å². The minimum atomic E-state index is -3.47. The highest BCUT2D eigenvalue weighted by molar-refractivity contribution is 7.89. The molecular formula is C24H37F3N4O2S. The summed E-state index contributed by atoms with van der Waals surface area (Å²) in [6.07, 6.45) is 0.416. The van der Waals surface area contributed by atoms with Crippen LogP contribution in [0.15, 0.2) is 39.1 Å². The Hall–Kier alpha value is -1.94. The van der Waals surface area contributed by atoms with Gasteiger partial charge in [-0.15, -0.1) is 0 Å². The van der Waals surface area contributed by atoms with E-state index in [0.717, 1.165) is 38.4 Å². The fourth-order valence-corrected chi connectivity index (χ4v) is 5.51. The lowest BCUT2D eigenvalue weighted by Crippen LogP contribution is -2.61. The van der Waals surface area contributed by atoms with E-state index in [1.54, 1.807) is 16.4 Å². The molecule has 10 heteroatoms. The van der Waals surface area contributed by atoms with Crippen molar-refractivity contribution in [1.29, 1.82) is 0 Å². The number of sulfonamides is 1. The lowest BCUT2D eigenvalue weighted by atomic mass is 9.72. The molecule has 1 aromatic rings. The molecule has 0 radical (unpaired) electrons. The number of halogens is 3. The summed E-state index contributed by atoms with van der Waals surface area (Å²) in [5.74, 6) is -2.02. The van der Waals surface area contributed by atoms with Crippen LogP contribution in [0.3, 0.4) is 0 Å². The molecular weight excluding hydrogens is 465 g/mol. The van der Waals surface area contributed by atoms with Crippen molar-refractivity contribution in [2.24, 2.45) is 15.4 Å². The lowest BCUT2D eigenvalue weighted by molar-refractivity contribution is 0.0103. The highest BCUT2D eigenvalue weighted by atomic mass is 32.2. The largest absolute Gasteiger partial charge is 0.359 e. The second-order valence-corrected chi connectivity index (χ2v) is 11.6. The molecule has 3 rings (SSSR count). The molecule has 0 atom stereocenters. The first-order chi connectivity index (χ1) is 15.7. The molecule has 192 valence electrons. The van der Waals surface area contributed by atoms with Gasteiger partial charge in [0.1, 0.15) is 11.7 Å². The molecule has 2 saturated heterocycles. The van der Waals surface area contributed by atoms with Gasteiger partial charge in [0.05, 0.1) is 17.5 Å². The van der Waals surface area contributed by atoms with Gasteiger partial charge in [-0.3, -0.25) is 4.99 Å². The van der Waals surface area contributed by atoms with Crippen molar-refractivity contribution < 1.29 is 21.6 Å². The molecule has 0 bridgehead atoms. The smallest absolute Gasteiger partial charge is 0.252 e. The summed E-state index contributed by atoms with van der Waals surface area (Å²) in [4.78, 5) is 10.6. The number of likely N-dealkylation sites (tertiary alicyclic amines) is 1. The van der Waals surface area contributed by atoms with E-state index in [9.17, 15) is 21.6 Å². The second kappa shape index (κ2) is 11.2. The fourth-order valence-electron chi connectivity index (χ4n) is 4.07. The highest BCUT2D eigenvalue weighted by Gasteiger charge is 2.47.